The van der Waals surface area contributed by atoms with Crippen molar-refractivity contribution in [2.24, 2.45) is 0 Å². The zero-order valence-electron chi connectivity index (χ0n) is 11.9. The number of aldehydes is 1. The molecule has 0 unspecified atom stereocenters. The molecule has 4 rings (SSSR count). The first-order valence-corrected chi connectivity index (χ1v) is 8.65. The fourth-order valence-corrected chi connectivity index (χ4v) is 3.79. The summed E-state index contributed by atoms with van der Waals surface area (Å²) < 4.78 is 2.87. The van der Waals surface area contributed by atoms with Gasteiger partial charge in [-0.1, -0.05) is 69.7 Å². The Morgan fingerprint density at radius 2 is 1.74 bits per heavy atom. The van der Waals surface area contributed by atoms with Crippen molar-refractivity contribution >= 4 is 38.5 Å². The van der Waals surface area contributed by atoms with Crippen molar-refractivity contribution in [2.45, 2.75) is 0 Å². The molecule has 2 aromatic heterocycles. The van der Waals surface area contributed by atoms with Crippen LogP contribution in [0.25, 0.3) is 26.7 Å². The smallest absolute Gasteiger partial charge is 0.195 e. The van der Waals surface area contributed by atoms with Crippen LogP contribution >= 0.6 is 27.3 Å². The number of carbonyl (C=O) groups is 1. The third-order valence-corrected chi connectivity index (χ3v) is 5.21. The SMILES string of the molecule is O=Cc1c(-c2ccc(Br)cc2)nc2sc(-c3ccccc3)cn12. The molecule has 112 valence electrons. The molecule has 0 aliphatic heterocycles. The molecule has 3 nitrogen and oxygen atoms in total. The van der Waals surface area contributed by atoms with Crippen LogP contribution < -0.4 is 0 Å². The van der Waals surface area contributed by atoms with E-state index >= 15 is 0 Å². The van der Waals surface area contributed by atoms with Crippen LogP contribution in [0.1, 0.15) is 10.5 Å². The third kappa shape index (κ3) is 2.52. The highest BCUT2D eigenvalue weighted by atomic mass is 79.9. The van der Waals surface area contributed by atoms with Gasteiger partial charge in [-0.2, -0.15) is 0 Å². The van der Waals surface area contributed by atoms with Crippen LogP contribution in [-0.4, -0.2) is 15.7 Å². The number of thiazole rings is 1. The molecule has 0 spiro atoms. The molecule has 0 amide bonds. The molecular weight excluding hydrogens is 372 g/mol. The molecule has 0 saturated carbocycles. The Hall–Kier alpha value is -2.24. The summed E-state index contributed by atoms with van der Waals surface area (Å²) in [5, 5.41) is 0. The number of fused-ring (bicyclic) bond motifs is 1. The Bertz CT molecular complexity index is 987. The Morgan fingerprint density at radius 3 is 2.43 bits per heavy atom. The van der Waals surface area contributed by atoms with Crippen LogP contribution in [-0.2, 0) is 0 Å². The van der Waals surface area contributed by atoms with Crippen LogP contribution in [0.2, 0.25) is 0 Å². The summed E-state index contributed by atoms with van der Waals surface area (Å²) in [6.07, 6.45) is 2.85. The first-order valence-electron chi connectivity index (χ1n) is 7.04. The van der Waals surface area contributed by atoms with E-state index in [1.807, 2.05) is 53.1 Å². The molecule has 0 saturated heterocycles. The van der Waals surface area contributed by atoms with Crippen molar-refractivity contribution in [3.8, 4) is 21.7 Å². The number of hydrogen-bond donors (Lipinski definition) is 0. The predicted octanol–water partition coefficient (Wildman–Crippen LogP) is 5.30. The minimum Gasteiger partial charge on any atom is -0.296 e. The Kier molecular flexibility index (Phi) is 3.59. The van der Waals surface area contributed by atoms with Crippen LogP contribution in [0.4, 0.5) is 0 Å². The topological polar surface area (TPSA) is 34.4 Å². The first kappa shape index (κ1) is 14.4. The van der Waals surface area contributed by atoms with Crippen molar-refractivity contribution in [1.29, 1.82) is 0 Å². The van der Waals surface area contributed by atoms with Crippen molar-refractivity contribution in [3.63, 3.8) is 0 Å². The number of benzene rings is 2. The highest BCUT2D eigenvalue weighted by molar-refractivity contribution is 9.10. The second-order valence-electron chi connectivity index (χ2n) is 5.08. The number of rotatable bonds is 3. The summed E-state index contributed by atoms with van der Waals surface area (Å²) in [6, 6.07) is 17.9. The van der Waals surface area contributed by atoms with Gasteiger partial charge in [0.05, 0.1) is 4.88 Å². The lowest BCUT2D eigenvalue weighted by Crippen LogP contribution is -1.90. The number of carbonyl (C=O) groups excluding carboxylic acids is 1. The Morgan fingerprint density at radius 1 is 1.00 bits per heavy atom. The van der Waals surface area contributed by atoms with E-state index in [0.717, 1.165) is 37.4 Å². The van der Waals surface area contributed by atoms with Gasteiger partial charge in [0.25, 0.3) is 0 Å². The van der Waals surface area contributed by atoms with Gasteiger partial charge in [-0.05, 0) is 17.7 Å². The maximum absolute atomic E-state index is 11.6. The van der Waals surface area contributed by atoms with Gasteiger partial charge < -0.3 is 0 Å². The van der Waals surface area contributed by atoms with Gasteiger partial charge in [-0.25, -0.2) is 4.98 Å². The molecule has 0 atom stereocenters. The lowest BCUT2D eigenvalue weighted by Gasteiger charge is -1.99. The second-order valence-corrected chi connectivity index (χ2v) is 7.01. The van der Waals surface area contributed by atoms with Crippen molar-refractivity contribution in [3.05, 3.63) is 71.0 Å². The fraction of sp³-hybridized carbons (Fsp3) is 0. The largest absolute Gasteiger partial charge is 0.296 e. The zero-order chi connectivity index (χ0) is 15.8. The number of imidazole rings is 1. The molecule has 0 fully saturated rings. The molecule has 4 aromatic rings. The summed E-state index contributed by atoms with van der Waals surface area (Å²) in [4.78, 5) is 18.2. The number of halogens is 1. The second kappa shape index (κ2) is 5.76. The van der Waals surface area contributed by atoms with E-state index in [0.29, 0.717) is 5.69 Å². The monoisotopic (exact) mass is 382 g/mol. The van der Waals surface area contributed by atoms with E-state index in [2.05, 4.69) is 33.0 Å². The Labute approximate surface area is 145 Å². The van der Waals surface area contributed by atoms with E-state index in [1.54, 1.807) is 11.3 Å². The summed E-state index contributed by atoms with van der Waals surface area (Å²) in [7, 11) is 0. The van der Waals surface area contributed by atoms with E-state index < -0.39 is 0 Å². The van der Waals surface area contributed by atoms with Gasteiger partial charge in [-0.15, -0.1) is 0 Å². The molecule has 0 radical (unpaired) electrons. The lowest BCUT2D eigenvalue weighted by molar-refractivity contribution is 0.111. The zero-order valence-corrected chi connectivity index (χ0v) is 14.3. The molecule has 5 heteroatoms. The molecule has 0 aliphatic rings. The van der Waals surface area contributed by atoms with Crippen molar-refractivity contribution < 1.29 is 4.79 Å². The molecule has 23 heavy (non-hydrogen) atoms. The average Bonchev–Trinajstić information content (AvgIpc) is 3.14. The highest BCUT2D eigenvalue weighted by Gasteiger charge is 2.16. The summed E-state index contributed by atoms with van der Waals surface area (Å²) in [5.74, 6) is 0. The minimum absolute atomic E-state index is 0.584. The average molecular weight is 383 g/mol. The molecule has 0 N–H and O–H groups in total. The first-order chi connectivity index (χ1) is 11.3. The quantitative estimate of drug-likeness (QED) is 0.450. The molecule has 0 aliphatic carbocycles. The van der Waals surface area contributed by atoms with Gasteiger partial charge in [0.15, 0.2) is 11.2 Å². The highest BCUT2D eigenvalue weighted by Crippen LogP contribution is 2.32. The van der Waals surface area contributed by atoms with Crippen molar-refractivity contribution in [1.82, 2.24) is 9.38 Å². The molecule has 0 bridgehead atoms. The van der Waals surface area contributed by atoms with E-state index in [9.17, 15) is 4.79 Å². The summed E-state index contributed by atoms with van der Waals surface area (Å²) >= 11 is 5.01. The van der Waals surface area contributed by atoms with E-state index in [-0.39, 0.29) is 0 Å². The van der Waals surface area contributed by atoms with Crippen LogP contribution in [0, 0.1) is 0 Å². The van der Waals surface area contributed by atoms with Gasteiger partial charge in [0.1, 0.15) is 11.4 Å². The number of aromatic nitrogens is 2. The molecule has 2 aromatic carbocycles. The normalized spacial score (nSPS) is 11.0. The molecular formula is C18H11BrN2OS. The van der Waals surface area contributed by atoms with Crippen LogP contribution in [0.5, 0.6) is 0 Å². The number of hydrogen-bond acceptors (Lipinski definition) is 3. The van der Waals surface area contributed by atoms with E-state index in [1.165, 1.54) is 0 Å². The van der Waals surface area contributed by atoms with Gasteiger partial charge >= 0.3 is 0 Å². The van der Waals surface area contributed by atoms with Crippen LogP contribution in [0.3, 0.4) is 0 Å². The maximum Gasteiger partial charge on any atom is 0.195 e. The lowest BCUT2D eigenvalue weighted by atomic mass is 10.1. The fourth-order valence-electron chi connectivity index (χ4n) is 2.53. The van der Waals surface area contributed by atoms with Crippen LogP contribution in [0.15, 0.2) is 65.3 Å². The maximum atomic E-state index is 11.6. The predicted molar refractivity (Wildman–Crippen MR) is 97.0 cm³/mol. The third-order valence-electron chi connectivity index (χ3n) is 3.65. The number of nitrogens with zero attached hydrogens (tertiary/aromatic N) is 2. The van der Waals surface area contributed by atoms with Gasteiger partial charge in [0.2, 0.25) is 0 Å². The minimum atomic E-state index is 0.584. The standard InChI is InChI=1S/C18H11BrN2OS/c19-14-8-6-13(7-9-14)17-15(11-22)21-10-16(23-18(21)20-17)12-4-2-1-3-5-12/h1-11H. The van der Waals surface area contributed by atoms with Gasteiger partial charge in [-0.3, -0.25) is 9.20 Å². The van der Waals surface area contributed by atoms with E-state index in [4.69, 9.17) is 0 Å². The Balaban J connectivity index is 1.87. The summed E-state index contributed by atoms with van der Waals surface area (Å²) in [6.45, 7) is 0. The summed E-state index contributed by atoms with van der Waals surface area (Å²) in [5.41, 5.74) is 3.37. The van der Waals surface area contributed by atoms with Gasteiger partial charge in [0, 0.05) is 16.2 Å². The molecule has 2 heterocycles. The van der Waals surface area contributed by atoms with Crippen molar-refractivity contribution in [2.75, 3.05) is 0 Å².